The molecule has 188 valence electrons. The maximum atomic E-state index is 12.5. The zero-order valence-electron chi connectivity index (χ0n) is 20.4. The monoisotopic (exact) mass is 498 g/mol. The Morgan fingerprint density at radius 2 is 1.80 bits per heavy atom. The summed E-state index contributed by atoms with van der Waals surface area (Å²) in [5.41, 5.74) is 1.25. The van der Waals surface area contributed by atoms with Crippen LogP contribution in [-0.2, 0) is 19.6 Å². The van der Waals surface area contributed by atoms with E-state index >= 15 is 0 Å². The molecule has 35 heavy (non-hydrogen) atoms. The van der Waals surface area contributed by atoms with Gasteiger partial charge in [0.1, 0.15) is 0 Å². The molecule has 0 bridgehead atoms. The van der Waals surface area contributed by atoms with Crippen LogP contribution in [0.15, 0.2) is 42.5 Å². The van der Waals surface area contributed by atoms with Gasteiger partial charge in [-0.15, -0.1) is 12.3 Å². The van der Waals surface area contributed by atoms with Gasteiger partial charge in [0.05, 0.1) is 19.3 Å². The van der Waals surface area contributed by atoms with Crippen molar-refractivity contribution in [1.29, 1.82) is 0 Å². The zero-order chi connectivity index (χ0) is 25.4. The summed E-state index contributed by atoms with van der Waals surface area (Å²) in [5.74, 6) is 1.54. The van der Waals surface area contributed by atoms with Gasteiger partial charge in [-0.2, -0.15) is 4.31 Å². The molecule has 1 saturated heterocycles. The molecule has 2 N–H and O–H groups in total. The zero-order valence-corrected chi connectivity index (χ0v) is 21.2. The summed E-state index contributed by atoms with van der Waals surface area (Å²) < 4.78 is 26.3. The molecule has 1 aliphatic rings. The van der Waals surface area contributed by atoms with Gasteiger partial charge in [-0.3, -0.25) is 14.5 Å². The number of nitrogens with one attached hydrogen (secondary N) is 2. The molecule has 0 saturated carbocycles. The Labute approximate surface area is 208 Å². The molecule has 0 radical (unpaired) electrons. The number of piperidine rings is 1. The maximum Gasteiger partial charge on any atom is 0.239 e. The smallest absolute Gasteiger partial charge is 0.239 e. The SMILES string of the molecule is C#CCCNC(=O)CNC(=O)CN(C1CCN(C(C)c2cccc3ccccc23)CC1)S(C)(=O)=O. The number of rotatable bonds is 10. The highest BCUT2D eigenvalue weighted by molar-refractivity contribution is 7.88. The molecule has 1 fully saturated rings. The first kappa shape index (κ1) is 26.7. The molecule has 1 heterocycles. The van der Waals surface area contributed by atoms with Crippen LogP contribution in [-0.4, -0.2) is 74.5 Å². The topological polar surface area (TPSA) is 98.8 Å². The minimum atomic E-state index is -3.60. The van der Waals surface area contributed by atoms with Gasteiger partial charge in [0.15, 0.2) is 0 Å². The van der Waals surface area contributed by atoms with Crippen molar-refractivity contribution in [2.75, 3.05) is 39.0 Å². The van der Waals surface area contributed by atoms with E-state index in [0.29, 0.717) is 25.8 Å². The summed E-state index contributed by atoms with van der Waals surface area (Å²) in [7, 11) is -3.60. The molecule has 2 aromatic rings. The number of terminal acetylenes is 1. The highest BCUT2D eigenvalue weighted by atomic mass is 32.2. The fraction of sp³-hybridized carbons (Fsp3) is 0.462. The van der Waals surface area contributed by atoms with Gasteiger partial charge < -0.3 is 10.6 Å². The van der Waals surface area contributed by atoms with Crippen molar-refractivity contribution in [3.05, 3.63) is 48.0 Å². The van der Waals surface area contributed by atoms with Crippen molar-refractivity contribution in [2.24, 2.45) is 0 Å². The van der Waals surface area contributed by atoms with Gasteiger partial charge >= 0.3 is 0 Å². The van der Waals surface area contributed by atoms with Gasteiger partial charge in [-0.25, -0.2) is 8.42 Å². The van der Waals surface area contributed by atoms with Crippen LogP contribution in [0.2, 0.25) is 0 Å². The second-order valence-corrected chi connectivity index (χ2v) is 10.8. The molecule has 1 atom stereocenters. The van der Waals surface area contributed by atoms with Crippen LogP contribution >= 0.6 is 0 Å². The number of likely N-dealkylation sites (tertiary alicyclic amines) is 1. The molecule has 3 rings (SSSR count). The molecule has 0 aromatic heterocycles. The Hall–Kier alpha value is -2.93. The molecule has 2 amide bonds. The van der Waals surface area contributed by atoms with E-state index < -0.39 is 15.9 Å². The Bertz CT molecular complexity index is 1180. The van der Waals surface area contributed by atoms with Gasteiger partial charge in [-0.1, -0.05) is 42.5 Å². The van der Waals surface area contributed by atoms with Crippen molar-refractivity contribution < 1.29 is 18.0 Å². The summed E-state index contributed by atoms with van der Waals surface area (Å²) in [6.45, 7) is 3.43. The molecule has 8 nitrogen and oxygen atoms in total. The van der Waals surface area contributed by atoms with E-state index in [1.165, 1.54) is 20.6 Å². The van der Waals surface area contributed by atoms with E-state index in [1.54, 1.807) is 0 Å². The van der Waals surface area contributed by atoms with Crippen molar-refractivity contribution >= 4 is 32.6 Å². The van der Waals surface area contributed by atoms with E-state index in [-0.39, 0.29) is 31.1 Å². The number of hydrogen-bond acceptors (Lipinski definition) is 5. The van der Waals surface area contributed by atoms with Crippen molar-refractivity contribution in [2.45, 2.75) is 38.3 Å². The Morgan fingerprint density at radius 3 is 2.49 bits per heavy atom. The lowest BCUT2D eigenvalue weighted by Crippen LogP contribution is -2.51. The van der Waals surface area contributed by atoms with Gasteiger partial charge in [0.2, 0.25) is 21.8 Å². The third-order valence-corrected chi connectivity index (χ3v) is 7.77. The molecule has 2 aromatic carbocycles. The van der Waals surface area contributed by atoms with E-state index in [2.05, 4.69) is 58.7 Å². The highest BCUT2D eigenvalue weighted by Gasteiger charge is 2.33. The number of hydrogen-bond donors (Lipinski definition) is 2. The minimum Gasteiger partial charge on any atom is -0.354 e. The number of benzene rings is 2. The summed E-state index contributed by atoms with van der Waals surface area (Å²) >= 11 is 0. The van der Waals surface area contributed by atoms with E-state index in [9.17, 15) is 18.0 Å². The fourth-order valence-electron chi connectivity index (χ4n) is 4.60. The van der Waals surface area contributed by atoms with Crippen LogP contribution in [0.3, 0.4) is 0 Å². The van der Waals surface area contributed by atoms with Crippen molar-refractivity contribution in [3.63, 3.8) is 0 Å². The first-order chi connectivity index (χ1) is 16.7. The first-order valence-electron chi connectivity index (χ1n) is 11.9. The molecule has 0 spiro atoms. The second kappa shape index (κ2) is 12.2. The Morgan fingerprint density at radius 1 is 1.11 bits per heavy atom. The Kier molecular flexibility index (Phi) is 9.26. The van der Waals surface area contributed by atoms with Crippen LogP contribution in [0.5, 0.6) is 0 Å². The molecule has 0 aliphatic carbocycles. The van der Waals surface area contributed by atoms with Crippen LogP contribution < -0.4 is 10.6 Å². The lowest BCUT2D eigenvalue weighted by Gasteiger charge is -2.39. The molecular formula is C26H34N4O4S. The van der Waals surface area contributed by atoms with Gasteiger partial charge in [0, 0.05) is 38.1 Å². The van der Waals surface area contributed by atoms with E-state index in [0.717, 1.165) is 19.3 Å². The van der Waals surface area contributed by atoms with Crippen LogP contribution in [0.1, 0.15) is 37.8 Å². The molecule has 1 aliphatic heterocycles. The van der Waals surface area contributed by atoms with Gasteiger partial charge in [0.25, 0.3) is 0 Å². The second-order valence-electron chi connectivity index (χ2n) is 8.90. The quantitative estimate of drug-likeness (QED) is 0.385. The summed E-state index contributed by atoms with van der Waals surface area (Å²) in [6, 6.07) is 14.6. The number of carbonyl (C=O) groups excluding carboxylic acids is 2. The van der Waals surface area contributed by atoms with E-state index in [1.807, 2.05) is 12.1 Å². The average Bonchev–Trinajstić information content (AvgIpc) is 2.85. The number of carbonyl (C=O) groups is 2. The lowest BCUT2D eigenvalue weighted by molar-refractivity contribution is -0.126. The predicted molar refractivity (Wildman–Crippen MR) is 138 cm³/mol. The molecule has 9 heteroatoms. The lowest BCUT2D eigenvalue weighted by atomic mass is 9.96. The van der Waals surface area contributed by atoms with E-state index in [4.69, 9.17) is 6.42 Å². The molecular weight excluding hydrogens is 464 g/mol. The largest absolute Gasteiger partial charge is 0.354 e. The van der Waals surface area contributed by atoms with Gasteiger partial charge in [-0.05, 0) is 36.1 Å². The number of fused-ring (bicyclic) bond motifs is 1. The normalized spacial score (nSPS) is 16.1. The third-order valence-electron chi connectivity index (χ3n) is 6.49. The fourth-order valence-corrected chi connectivity index (χ4v) is 5.71. The summed E-state index contributed by atoms with van der Waals surface area (Å²) in [4.78, 5) is 26.6. The third kappa shape index (κ3) is 7.28. The number of amides is 2. The molecule has 1 unspecified atom stereocenters. The first-order valence-corrected chi connectivity index (χ1v) is 13.7. The number of sulfonamides is 1. The minimum absolute atomic E-state index is 0.185. The summed E-state index contributed by atoms with van der Waals surface area (Å²) in [6.07, 6.45) is 7.92. The highest BCUT2D eigenvalue weighted by Crippen LogP contribution is 2.31. The van der Waals surface area contributed by atoms with Crippen molar-refractivity contribution in [3.8, 4) is 12.3 Å². The van der Waals surface area contributed by atoms with Crippen LogP contribution in [0, 0.1) is 12.3 Å². The maximum absolute atomic E-state index is 12.5. The van der Waals surface area contributed by atoms with Crippen molar-refractivity contribution in [1.82, 2.24) is 19.8 Å². The summed E-state index contributed by atoms with van der Waals surface area (Å²) in [5, 5.41) is 7.51. The number of nitrogens with zero attached hydrogens (tertiary/aromatic N) is 2. The average molecular weight is 499 g/mol. The van der Waals surface area contributed by atoms with Crippen LogP contribution in [0.4, 0.5) is 0 Å². The Balaban J connectivity index is 1.58. The predicted octanol–water partition coefficient (Wildman–Crippen LogP) is 1.88. The standard InChI is InChI=1S/C26H34N4O4S/c1-4-5-15-27-25(31)18-28-26(32)19-30(35(3,33)34)22-13-16-29(17-14-22)20(2)23-12-8-10-21-9-6-7-11-24(21)23/h1,6-12,20,22H,5,13-19H2,2-3H3,(H,27,31)(H,28,32). The van der Waals surface area contributed by atoms with Crippen LogP contribution in [0.25, 0.3) is 10.8 Å².